The predicted molar refractivity (Wildman–Crippen MR) is 74.1 cm³/mol. The van der Waals surface area contributed by atoms with Crippen LogP contribution in [0.4, 0.5) is 8.78 Å². The molecule has 1 aliphatic heterocycles. The minimum Gasteiger partial charge on any atom is -0.285 e. The Morgan fingerprint density at radius 2 is 2.15 bits per heavy atom. The standard InChI is InChI=1S/C16H20F2N2/c1-12-4-3-7-20(10-12)16(2,11-19)9-13-5-6-14(17)15(18)8-13/h5-6,8,12H,3-4,7,9-10H2,1-2H3. The molecule has 0 bridgehead atoms. The Morgan fingerprint density at radius 3 is 2.75 bits per heavy atom. The first-order chi connectivity index (χ1) is 9.44. The second-order valence-electron chi connectivity index (χ2n) is 6.00. The number of nitriles is 1. The molecule has 108 valence electrons. The maximum absolute atomic E-state index is 13.3. The molecule has 1 aromatic carbocycles. The molecule has 1 aliphatic rings. The minimum absolute atomic E-state index is 0.410. The molecule has 1 saturated heterocycles. The molecular weight excluding hydrogens is 258 g/mol. The lowest BCUT2D eigenvalue weighted by Gasteiger charge is -2.41. The van der Waals surface area contributed by atoms with Gasteiger partial charge in [0.2, 0.25) is 0 Å². The lowest BCUT2D eigenvalue weighted by Crippen LogP contribution is -2.51. The molecule has 1 fully saturated rings. The van der Waals surface area contributed by atoms with E-state index in [4.69, 9.17) is 0 Å². The molecule has 1 heterocycles. The summed E-state index contributed by atoms with van der Waals surface area (Å²) < 4.78 is 26.3. The van der Waals surface area contributed by atoms with E-state index in [-0.39, 0.29) is 0 Å². The maximum Gasteiger partial charge on any atom is 0.159 e. The number of hydrogen-bond donors (Lipinski definition) is 0. The Kier molecular flexibility index (Phi) is 4.39. The normalized spacial score (nSPS) is 23.1. The van der Waals surface area contributed by atoms with Crippen molar-refractivity contribution in [3.05, 3.63) is 35.4 Å². The Hall–Kier alpha value is -1.47. The summed E-state index contributed by atoms with van der Waals surface area (Å²) in [4.78, 5) is 2.17. The monoisotopic (exact) mass is 278 g/mol. The summed E-state index contributed by atoms with van der Waals surface area (Å²) in [6.45, 7) is 5.83. The van der Waals surface area contributed by atoms with Crippen molar-refractivity contribution in [2.45, 2.75) is 38.6 Å². The Labute approximate surface area is 119 Å². The van der Waals surface area contributed by atoms with Crippen molar-refractivity contribution in [2.24, 2.45) is 5.92 Å². The molecule has 0 N–H and O–H groups in total. The summed E-state index contributed by atoms with van der Waals surface area (Å²) in [5, 5.41) is 9.55. The predicted octanol–water partition coefficient (Wildman–Crippen LogP) is 3.52. The van der Waals surface area contributed by atoms with Crippen molar-refractivity contribution in [3.63, 3.8) is 0 Å². The average molecular weight is 278 g/mol. The highest BCUT2D eigenvalue weighted by molar-refractivity contribution is 5.23. The molecule has 0 saturated carbocycles. The van der Waals surface area contributed by atoms with Crippen LogP contribution in [-0.4, -0.2) is 23.5 Å². The average Bonchev–Trinajstić information content (AvgIpc) is 2.43. The zero-order valence-corrected chi connectivity index (χ0v) is 12.0. The number of benzene rings is 1. The largest absolute Gasteiger partial charge is 0.285 e. The number of piperidine rings is 1. The van der Waals surface area contributed by atoms with Gasteiger partial charge in [-0.05, 0) is 49.9 Å². The third kappa shape index (κ3) is 3.16. The van der Waals surface area contributed by atoms with Crippen LogP contribution in [0.15, 0.2) is 18.2 Å². The van der Waals surface area contributed by atoms with Crippen LogP contribution in [0.3, 0.4) is 0 Å². The van der Waals surface area contributed by atoms with Crippen LogP contribution < -0.4 is 0 Å². The molecule has 2 rings (SSSR count). The van der Waals surface area contributed by atoms with Crippen molar-refractivity contribution in [1.82, 2.24) is 4.90 Å². The van der Waals surface area contributed by atoms with Gasteiger partial charge in [0, 0.05) is 13.0 Å². The van der Waals surface area contributed by atoms with Gasteiger partial charge in [-0.25, -0.2) is 8.78 Å². The zero-order valence-electron chi connectivity index (χ0n) is 12.0. The van der Waals surface area contributed by atoms with E-state index in [1.807, 2.05) is 6.92 Å². The van der Waals surface area contributed by atoms with Crippen molar-refractivity contribution >= 4 is 0 Å². The Bertz CT molecular complexity index is 524. The summed E-state index contributed by atoms with van der Waals surface area (Å²) in [7, 11) is 0. The van der Waals surface area contributed by atoms with E-state index < -0.39 is 17.2 Å². The van der Waals surface area contributed by atoms with Gasteiger partial charge in [-0.15, -0.1) is 0 Å². The molecule has 2 atom stereocenters. The van der Waals surface area contributed by atoms with E-state index >= 15 is 0 Å². The van der Waals surface area contributed by atoms with Crippen LogP contribution in [0.5, 0.6) is 0 Å². The maximum atomic E-state index is 13.3. The topological polar surface area (TPSA) is 27.0 Å². The molecule has 2 unspecified atom stereocenters. The first-order valence-corrected chi connectivity index (χ1v) is 7.05. The van der Waals surface area contributed by atoms with Gasteiger partial charge in [0.05, 0.1) is 6.07 Å². The quantitative estimate of drug-likeness (QED) is 0.846. The second-order valence-corrected chi connectivity index (χ2v) is 6.00. The van der Waals surface area contributed by atoms with Crippen molar-refractivity contribution in [1.29, 1.82) is 5.26 Å². The van der Waals surface area contributed by atoms with Crippen LogP contribution in [0.2, 0.25) is 0 Å². The van der Waals surface area contributed by atoms with E-state index in [1.54, 1.807) is 6.07 Å². The molecule has 0 spiro atoms. The molecule has 0 aliphatic carbocycles. The Balaban J connectivity index is 2.18. The highest BCUT2D eigenvalue weighted by Gasteiger charge is 2.34. The minimum atomic E-state index is -0.852. The number of rotatable bonds is 3. The number of likely N-dealkylation sites (tertiary alicyclic amines) is 1. The molecule has 4 heteroatoms. The molecule has 20 heavy (non-hydrogen) atoms. The fourth-order valence-corrected chi connectivity index (χ4v) is 2.91. The van der Waals surface area contributed by atoms with Gasteiger partial charge >= 0.3 is 0 Å². The van der Waals surface area contributed by atoms with Crippen molar-refractivity contribution < 1.29 is 8.78 Å². The van der Waals surface area contributed by atoms with Crippen LogP contribution in [0.1, 0.15) is 32.3 Å². The molecule has 0 aromatic heterocycles. The molecular formula is C16H20F2N2. The zero-order chi connectivity index (χ0) is 14.8. The first kappa shape index (κ1) is 14.9. The molecule has 1 aromatic rings. The first-order valence-electron chi connectivity index (χ1n) is 7.05. The smallest absolute Gasteiger partial charge is 0.159 e. The lowest BCUT2D eigenvalue weighted by atomic mass is 9.88. The summed E-state index contributed by atoms with van der Waals surface area (Å²) >= 11 is 0. The van der Waals surface area contributed by atoms with E-state index in [0.29, 0.717) is 17.9 Å². The van der Waals surface area contributed by atoms with Crippen LogP contribution in [0.25, 0.3) is 0 Å². The van der Waals surface area contributed by atoms with Crippen LogP contribution in [-0.2, 0) is 6.42 Å². The molecule has 0 amide bonds. The SMILES string of the molecule is CC1CCCN(C(C)(C#N)Cc2ccc(F)c(F)c2)C1. The van der Waals surface area contributed by atoms with E-state index in [9.17, 15) is 14.0 Å². The van der Waals surface area contributed by atoms with E-state index in [1.165, 1.54) is 12.5 Å². The van der Waals surface area contributed by atoms with Gasteiger partial charge in [-0.3, -0.25) is 4.90 Å². The number of nitrogens with zero attached hydrogens (tertiary/aromatic N) is 2. The van der Waals surface area contributed by atoms with E-state index in [0.717, 1.165) is 25.6 Å². The summed E-state index contributed by atoms with van der Waals surface area (Å²) in [5.41, 5.74) is -0.00921. The highest BCUT2D eigenvalue weighted by atomic mass is 19.2. The van der Waals surface area contributed by atoms with Gasteiger partial charge < -0.3 is 0 Å². The second kappa shape index (κ2) is 5.88. The third-order valence-corrected chi connectivity index (χ3v) is 4.13. The Morgan fingerprint density at radius 1 is 1.40 bits per heavy atom. The van der Waals surface area contributed by atoms with Crippen LogP contribution >= 0.6 is 0 Å². The molecule has 2 nitrogen and oxygen atoms in total. The lowest BCUT2D eigenvalue weighted by molar-refractivity contribution is 0.0958. The summed E-state index contributed by atoms with van der Waals surface area (Å²) in [5.74, 6) is -1.13. The van der Waals surface area contributed by atoms with Gasteiger partial charge in [0.15, 0.2) is 11.6 Å². The summed E-state index contributed by atoms with van der Waals surface area (Å²) in [6, 6.07) is 6.24. The fourth-order valence-electron chi connectivity index (χ4n) is 2.91. The third-order valence-electron chi connectivity index (χ3n) is 4.13. The van der Waals surface area contributed by atoms with Crippen LogP contribution in [0, 0.1) is 28.9 Å². The van der Waals surface area contributed by atoms with Gasteiger partial charge in [0.1, 0.15) is 5.54 Å². The fraction of sp³-hybridized carbons (Fsp3) is 0.562. The highest BCUT2D eigenvalue weighted by Crippen LogP contribution is 2.27. The number of hydrogen-bond acceptors (Lipinski definition) is 2. The van der Waals surface area contributed by atoms with Gasteiger partial charge in [-0.2, -0.15) is 5.26 Å². The number of halogens is 2. The summed E-state index contributed by atoms with van der Waals surface area (Å²) in [6.07, 6.45) is 2.67. The van der Waals surface area contributed by atoms with Gasteiger partial charge in [0.25, 0.3) is 0 Å². The van der Waals surface area contributed by atoms with Crippen molar-refractivity contribution in [3.8, 4) is 6.07 Å². The van der Waals surface area contributed by atoms with Crippen molar-refractivity contribution in [2.75, 3.05) is 13.1 Å². The van der Waals surface area contributed by atoms with Gasteiger partial charge in [-0.1, -0.05) is 13.0 Å². The molecule has 0 radical (unpaired) electrons. The van der Waals surface area contributed by atoms with E-state index in [2.05, 4.69) is 17.9 Å².